The maximum absolute atomic E-state index is 12.8. The largest absolute Gasteiger partial charge is 0.301 e. The third-order valence-electron chi connectivity index (χ3n) is 3.87. The molecule has 0 bridgehead atoms. The van der Waals surface area contributed by atoms with Crippen LogP contribution in [0.2, 0.25) is 5.02 Å². The van der Waals surface area contributed by atoms with Crippen LogP contribution in [0.3, 0.4) is 0 Å². The highest BCUT2D eigenvalue weighted by Crippen LogP contribution is 2.29. The van der Waals surface area contributed by atoms with Gasteiger partial charge in [-0.2, -0.15) is 0 Å². The van der Waals surface area contributed by atoms with Crippen molar-refractivity contribution in [1.29, 1.82) is 0 Å². The highest BCUT2D eigenvalue weighted by atomic mass is 35.5. The molecule has 0 saturated heterocycles. The van der Waals surface area contributed by atoms with Crippen molar-refractivity contribution in [3.63, 3.8) is 0 Å². The average Bonchev–Trinajstić information content (AvgIpc) is 3.06. The highest BCUT2D eigenvalue weighted by molar-refractivity contribution is 7.14. The molecule has 1 amide bonds. The quantitative estimate of drug-likeness (QED) is 0.667. The van der Waals surface area contributed by atoms with E-state index in [0.717, 1.165) is 16.8 Å². The van der Waals surface area contributed by atoms with Crippen LogP contribution in [0.15, 0.2) is 54.2 Å². The molecule has 0 unspecified atom stereocenters. The van der Waals surface area contributed by atoms with Crippen molar-refractivity contribution in [3.8, 4) is 11.3 Å². The Morgan fingerprint density at radius 2 is 1.96 bits per heavy atom. The first-order valence-corrected chi connectivity index (χ1v) is 9.22. The Bertz CT molecular complexity index is 847. The van der Waals surface area contributed by atoms with Gasteiger partial charge in [0.25, 0.3) is 0 Å². The van der Waals surface area contributed by atoms with Crippen molar-refractivity contribution in [2.75, 3.05) is 5.32 Å². The first kappa shape index (κ1) is 17.6. The zero-order valence-corrected chi connectivity index (χ0v) is 15.5. The summed E-state index contributed by atoms with van der Waals surface area (Å²) >= 11 is 7.36. The standard InChI is InChI=1S/C19H18ClN3OS/c1-12(2)17(13-5-7-15(20)8-6-13)18(24)23-19-22-16(11-25-19)14-4-3-9-21-10-14/h3-12,17H,1-2H3,(H,22,23,24)/t17-/m0/s1. The van der Waals surface area contributed by atoms with Crippen molar-refractivity contribution in [2.24, 2.45) is 5.92 Å². The summed E-state index contributed by atoms with van der Waals surface area (Å²) in [4.78, 5) is 21.4. The van der Waals surface area contributed by atoms with E-state index in [0.29, 0.717) is 10.2 Å². The fourth-order valence-corrected chi connectivity index (χ4v) is 3.52. The van der Waals surface area contributed by atoms with Gasteiger partial charge in [0.15, 0.2) is 5.13 Å². The number of carbonyl (C=O) groups is 1. The lowest BCUT2D eigenvalue weighted by Gasteiger charge is -2.20. The molecule has 0 spiro atoms. The van der Waals surface area contributed by atoms with Gasteiger partial charge in [0.1, 0.15) is 0 Å². The van der Waals surface area contributed by atoms with Gasteiger partial charge in [-0.3, -0.25) is 9.78 Å². The Hall–Kier alpha value is -2.24. The van der Waals surface area contributed by atoms with Crippen LogP contribution in [0, 0.1) is 5.92 Å². The Morgan fingerprint density at radius 3 is 2.60 bits per heavy atom. The zero-order chi connectivity index (χ0) is 17.8. The molecule has 2 aromatic heterocycles. The van der Waals surface area contributed by atoms with Crippen LogP contribution < -0.4 is 5.32 Å². The van der Waals surface area contributed by atoms with E-state index in [1.54, 1.807) is 12.4 Å². The topological polar surface area (TPSA) is 54.9 Å². The number of hydrogen-bond donors (Lipinski definition) is 1. The molecule has 0 saturated carbocycles. The van der Waals surface area contributed by atoms with E-state index in [1.165, 1.54) is 11.3 Å². The monoisotopic (exact) mass is 371 g/mol. The van der Waals surface area contributed by atoms with Crippen LogP contribution >= 0.6 is 22.9 Å². The van der Waals surface area contributed by atoms with E-state index in [9.17, 15) is 4.79 Å². The highest BCUT2D eigenvalue weighted by Gasteiger charge is 2.25. The maximum atomic E-state index is 12.8. The minimum atomic E-state index is -0.261. The predicted molar refractivity (Wildman–Crippen MR) is 103 cm³/mol. The number of benzene rings is 1. The minimum Gasteiger partial charge on any atom is -0.301 e. The number of amides is 1. The molecular weight excluding hydrogens is 354 g/mol. The molecular formula is C19H18ClN3OS. The number of pyridine rings is 1. The zero-order valence-electron chi connectivity index (χ0n) is 13.9. The molecule has 1 atom stereocenters. The van der Waals surface area contributed by atoms with Crippen LogP contribution in [0.25, 0.3) is 11.3 Å². The summed E-state index contributed by atoms with van der Waals surface area (Å²) in [5, 5.41) is 6.10. The SMILES string of the molecule is CC(C)[C@H](C(=O)Nc1nc(-c2cccnc2)cs1)c1ccc(Cl)cc1. The van der Waals surface area contributed by atoms with Crippen molar-refractivity contribution < 1.29 is 4.79 Å². The maximum Gasteiger partial charge on any atom is 0.233 e. The van der Waals surface area contributed by atoms with Crippen molar-refractivity contribution in [3.05, 3.63) is 64.8 Å². The summed E-state index contributed by atoms with van der Waals surface area (Å²) in [5.41, 5.74) is 2.68. The third kappa shape index (κ3) is 4.24. The minimum absolute atomic E-state index is 0.0654. The Morgan fingerprint density at radius 1 is 1.20 bits per heavy atom. The van der Waals surface area contributed by atoms with Crippen LogP contribution in [0.4, 0.5) is 5.13 Å². The van der Waals surface area contributed by atoms with E-state index < -0.39 is 0 Å². The van der Waals surface area contributed by atoms with Gasteiger partial charge in [-0.05, 0) is 35.7 Å². The smallest absolute Gasteiger partial charge is 0.233 e. The summed E-state index contributed by atoms with van der Waals surface area (Å²) in [5.74, 6) is -0.175. The number of carbonyl (C=O) groups excluding carboxylic acids is 1. The van der Waals surface area contributed by atoms with Gasteiger partial charge in [0.2, 0.25) is 5.91 Å². The molecule has 0 aliphatic carbocycles. The second-order valence-corrected chi connectivity index (χ2v) is 7.34. The molecule has 0 fully saturated rings. The van der Waals surface area contributed by atoms with Crippen LogP contribution in [-0.4, -0.2) is 15.9 Å². The number of nitrogens with one attached hydrogen (secondary N) is 1. The molecule has 25 heavy (non-hydrogen) atoms. The number of anilines is 1. The second kappa shape index (κ2) is 7.76. The Kier molecular flexibility index (Phi) is 5.46. The lowest BCUT2D eigenvalue weighted by atomic mass is 9.88. The number of hydrogen-bond acceptors (Lipinski definition) is 4. The molecule has 1 aromatic carbocycles. The second-order valence-electron chi connectivity index (χ2n) is 6.04. The van der Waals surface area contributed by atoms with Gasteiger partial charge in [-0.15, -0.1) is 11.3 Å². The summed E-state index contributed by atoms with van der Waals surface area (Å²) < 4.78 is 0. The van der Waals surface area contributed by atoms with E-state index >= 15 is 0 Å². The molecule has 2 heterocycles. The fourth-order valence-electron chi connectivity index (χ4n) is 2.67. The summed E-state index contributed by atoms with van der Waals surface area (Å²) in [6.07, 6.45) is 3.48. The van der Waals surface area contributed by atoms with E-state index in [4.69, 9.17) is 11.6 Å². The van der Waals surface area contributed by atoms with Crippen molar-refractivity contribution in [1.82, 2.24) is 9.97 Å². The van der Waals surface area contributed by atoms with Gasteiger partial charge in [-0.25, -0.2) is 4.98 Å². The fraction of sp³-hybridized carbons (Fsp3) is 0.211. The molecule has 4 nitrogen and oxygen atoms in total. The number of halogens is 1. The third-order valence-corrected chi connectivity index (χ3v) is 4.88. The van der Waals surface area contributed by atoms with Gasteiger partial charge in [0, 0.05) is 28.4 Å². The molecule has 0 aliphatic heterocycles. The summed E-state index contributed by atoms with van der Waals surface area (Å²) in [6, 6.07) is 11.2. The Balaban J connectivity index is 1.78. The molecule has 3 rings (SSSR count). The van der Waals surface area contributed by atoms with Gasteiger partial charge in [-0.1, -0.05) is 37.6 Å². The van der Waals surface area contributed by atoms with Gasteiger partial charge in [0.05, 0.1) is 11.6 Å². The normalized spacial score (nSPS) is 12.2. The summed E-state index contributed by atoms with van der Waals surface area (Å²) in [6.45, 7) is 4.06. The first-order valence-electron chi connectivity index (χ1n) is 7.97. The predicted octanol–water partition coefficient (Wildman–Crippen LogP) is 5.24. The van der Waals surface area contributed by atoms with E-state index in [2.05, 4.69) is 15.3 Å². The number of thiazole rings is 1. The molecule has 1 N–H and O–H groups in total. The van der Waals surface area contributed by atoms with Crippen molar-refractivity contribution in [2.45, 2.75) is 19.8 Å². The molecule has 3 aromatic rings. The number of rotatable bonds is 5. The summed E-state index contributed by atoms with van der Waals surface area (Å²) in [7, 11) is 0. The average molecular weight is 372 g/mol. The molecule has 128 valence electrons. The first-order chi connectivity index (χ1) is 12.0. The molecule has 0 radical (unpaired) electrons. The van der Waals surface area contributed by atoms with Crippen LogP contribution in [0.1, 0.15) is 25.3 Å². The molecule has 6 heteroatoms. The van der Waals surface area contributed by atoms with Crippen LogP contribution in [-0.2, 0) is 4.79 Å². The Labute approximate surface area is 155 Å². The lowest BCUT2D eigenvalue weighted by Crippen LogP contribution is -2.25. The van der Waals surface area contributed by atoms with E-state index in [1.807, 2.05) is 55.6 Å². The van der Waals surface area contributed by atoms with E-state index in [-0.39, 0.29) is 17.7 Å². The van der Waals surface area contributed by atoms with Gasteiger partial charge >= 0.3 is 0 Å². The van der Waals surface area contributed by atoms with Crippen molar-refractivity contribution >= 4 is 34.0 Å². The number of nitrogens with zero attached hydrogens (tertiary/aromatic N) is 2. The molecule has 0 aliphatic rings. The number of aromatic nitrogens is 2. The van der Waals surface area contributed by atoms with Crippen LogP contribution in [0.5, 0.6) is 0 Å². The van der Waals surface area contributed by atoms with Gasteiger partial charge < -0.3 is 5.32 Å². The lowest BCUT2D eigenvalue weighted by molar-refractivity contribution is -0.118.